The van der Waals surface area contributed by atoms with Gasteiger partial charge in [0.1, 0.15) is 83.9 Å². The van der Waals surface area contributed by atoms with Gasteiger partial charge in [-0.15, -0.1) is 0 Å². The largest absolute Gasteiger partial charge is 0.481 e. The lowest BCUT2D eigenvalue weighted by Gasteiger charge is -2.30. The summed E-state index contributed by atoms with van der Waals surface area (Å²) in [5.41, 5.74) is 13.2. The van der Waals surface area contributed by atoms with Crippen LogP contribution in [0.25, 0.3) is 21.9 Å². The number of hydrogen-bond acceptors (Lipinski definition) is 25. The van der Waals surface area contributed by atoms with Crippen LogP contribution >= 0.6 is 0 Å². The van der Waals surface area contributed by atoms with E-state index in [4.69, 9.17) is 20.6 Å². The predicted octanol–water partition coefficient (Wildman–Crippen LogP) is -3.14. The normalized spacial score (nSPS) is 20.6. The van der Waals surface area contributed by atoms with Crippen LogP contribution in [0, 0.1) is 5.92 Å². The van der Waals surface area contributed by atoms with Crippen LogP contribution in [0.15, 0.2) is 89.5 Å². The number of ketones is 1. The third kappa shape index (κ3) is 32.5. The van der Waals surface area contributed by atoms with Crippen LogP contribution in [-0.2, 0) is 104 Å². The number of carboxylic acid groups (broad SMARTS) is 3. The molecule has 0 spiro atoms. The maximum Gasteiger partial charge on any atom is 0.329 e. The zero-order chi connectivity index (χ0) is 91.3. The van der Waals surface area contributed by atoms with Crippen LogP contribution in [-0.4, -0.2) is 248 Å². The Morgan fingerprint density at radius 1 is 0.573 bits per heavy atom. The fourth-order valence-electron chi connectivity index (χ4n) is 13.2. The Kier molecular flexibility index (Phi) is 40.1. The molecule has 674 valence electrons. The van der Waals surface area contributed by atoms with Crippen LogP contribution in [0.4, 0.5) is 5.69 Å². The highest BCUT2D eigenvalue weighted by atomic mass is 16.5. The van der Waals surface area contributed by atoms with Crippen molar-refractivity contribution in [3.8, 4) is 0 Å². The third-order valence-electron chi connectivity index (χ3n) is 19.8. The Morgan fingerprint density at radius 3 is 1.81 bits per heavy atom. The first-order valence-corrected chi connectivity index (χ1v) is 40.3. The highest BCUT2D eigenvalue weighted by Crippen LogP contribution is 2.23. The first-order valence-electron chi connectivity index (χ1n) is 40.3. The average Bonchev–Trinajstić information content (AvgIpc) is 1.69. The number of nitrogens with one attached hydrogen (secondary N) is 15. The van der Waals surface area contributed by atoms with E-state index >= 15 is 0 Å². The molecule has 1 aliphatic heterocycles. The van der Waals surface area contributed by atoms with E-state index in [1.165, 1.54) is 24.3 Å². The summed E-state index contributed by atoms with van der Waals surface area (Å²) < 4.78 is 11.7. The minimum atomic E-state index is -2.35. The van der Waals surface area contributed by atoms with Gasteiger partial charge in [-0.2, -0.15) is 0 Å². The molecule has 1 fully saturated rings. The van der Waals surface area contributed by atoms with Crippen LogP contribution in [0.2, 0.25) is 0 Å². The summed E-state index contributed by atoms with van der Waals surface area (Å²) in [5.74, 6) is -26.4. The van der Waals surface area contributed by atoms with E-state index in [0.29, 0.717) is 40.7 Å². The van der Waals surface area contributed by atoms with Gasteiger partial charge in [0.25, 0.3) is 0 Å². The van der Waals surface area contributed by atoms with E-state index in [0.717, 1.165) is 58.3 Å². The van der Waals surface area contributed by atoms with Crippen LogP contribution < -0.4 is 85.9 Å². The number of para-hydroxylation sites is 3. The molecule has 0 bridgehead atoms. The molecule has 6 rings (SSSR count). The van der Waals surface area contributed by atoms with Gasteiger partial charge in [0, 0.05) is 59.6 Å². The number of esters is 1. The number of ether oxygens (including phenoxy) is 1. The standard InChI is InChI=1S/C81H109N17O26/c1-5-6-7-8-9-10-11-26-63(103)90-54(32-46-37-85-51-23-16-14-20-48(46)51)76(117)94-55(34-62(83)102)77(118)92-53(27-29-99)74(115)98-70-44(4)123-81(122)58(33-60(101)49-21-13-15-22-50(49)82)96-80(121)69(42(2)30-66(106)107)97-78(119)59(41-100)91-65(105)39-86-72(113)56(35-67(108)109)93-71(112)43(3)88-75(116)57(36-68(110)111)95-73(114)52(89-64(104)40-87-79(70)120)24-18-28-84-38-47-31-45-19-12-17-25-61(45)124-47/h12-17,19-23,25,31,37,42-44,52-59,69-70,84-85,99-100H,5-11,18,24,26-30,32-36,38-41,82H2,1-4H3,(H2,83,102)(H,86,113)(H,87,120)(H,88,116)(H,89,104)(H,90,103)(H,91,105)(H,92,118)(H,93,112)(H,94,117)(H,95,114)(H,96,121)(H,97,119)(H,98,115)(H,106,107)(H,108,109)(H,110,111)/t42-,43-,44-,52+,53+,54+,55+,56+,57+,58+,59-,69+,70+/m1/s1. The van der Waals surface area contributed by atoms with Gasteiger partial charge in [0.05, 0.1) is 51.9 Å². The SMILES string of the molecule is CCCCCCCCCC(=O)N[C@@H](Cc1c[nH]c2ccccc12)C(=O)N[C@@H](CC(N)=O)C(=O)N[C@@H](CCO)C(=O)N[C@@H]1C(=O)NCC(=O)N[C@@H](CCCNCc2cc3ccccc3o2)C(=O)N[C@@H](CC(=O)O)C(=O)N[C@H](C)C(=O)N[C@@H](CC(=O)O)C(=O)NCC(=O)N[C@H](CO)C(=O)N[C@@H]([C@H](C)CC(=O)O)C(=O)N[C@@H](CC(=O)c2ccccc2N)C(=O)O[C@@H]1C. The molecule has 43 heteroatoms. The second-order valence-electron chi connectivity index (χ2n) is 29.8. The molecule has 1 aliphatic rings. The summed E-state index contributed by atoms with van der Waals surface area (Å²) in [6.07, 6.45) is -1.12. The number of benzene rings is 3. The van der Waals surface area contributed by atoms with Crippen molar-refractivity contribution in [2.75, 3.05) is 38.6 Å². The van der Waals surface area contributed by atoms with Gasteiger partial charge >= 0.3 is 23.9 Å². The van der Waals surface area contributed by atoms with Crippen molar-refractivity contribution in [1.82, 2.24) is 79.4 Å². The number of aliphatic hydroxyl groups is 2. The van der Waals surface area contributed by atoms with Crippen molar-refractivity contribution in [3.63, 3.8) is 0 Å². The number of aliphatic carboxylic acids is 3. The molecule has 1 saturated heterocycles. The number of hydrogen-bond donors (Lipinski definition) is 22. The number of H-pyrrole nitrogens is 1. The van der Waals surface area contributed by atoms with Gasteiger partial charge in [0.2, 0.25) is 82.7 Å². The fraction of sp³-hybridized carbons (Fsp3) is 0.494. The minimum Gasteiger partial charge on any atom is -0.481 e. The van der Waals surface area contributed by atoms with Gasteiger partial charge in [-0.3, -0.25) is 86.3 Å². The van der Waals surface area contributed by atoms with Gasteiger partial charge in [-0.1, -0.05) is 101 Å². The Bertz CT molecular complexity index is 4610. The van der Waals surface area contributed by atoms with Crippen molar-refractivity contribution in [3.05, 3.63) is 102 Å². The van der Waals surface area contributed by atoms with Gasteiger partial charge in [-0.25, -0.2) is 4.79 Å². The smallest absolute Gasteiger partial charge is 0.329 e. The number of nitrogens with two attached hydrogens (primary N) is 2. The van der Waals surface area contributed by atoms with E-state index in [1.807, 2.05) is 16.7 Å². The number of nitrogen functional groups attached to an aromatic ring is 1. The lowest BCUT2D eigenvalue weighted by molar-refractivity contribution is -0.156. The Balaban J connectivity index is 1.41. The topological polar surface area (TPSA) is 684 Å². The molecule has 3 heterocycles. The zero-order valence-corrected chi connectivity index (χ0v) is 68.8. The number of unbranched alkanes of at least 4 members (excludes halogenated alkanes) is 6. The summed E-state index contributed by atoms with van der Waals surface area (Å²) in [5, 5.41) is 84.4. The highest BCUT2D eigenvalue weighted by Gasteiger charge is 2.41. The maximum absolute atomic E-state index is 15.0. The van der Waals surface area contributed by atoms with Crippen molar-refractivity contribution >= 4 is 140 Å². The van der Waals surface area contributed by atoms with Gasteiger partial charge in [-0.05, 0) is 87.9 Å². The highest BCUT2D eigenvalue weighted by molar-refractivity contribution is 6.05. The molecule has 5 aromatic rings. The minimum absolute atomic E-state index is 0.0111. The van der Waals surface area contributed by atoms with E-state index < -0.39 is 256 Å². The number of rotatable bonds is 38. The molecule has 0 unspecified atom stereocenters. The molecule has 14 amide bonds. The number of anilines is 1. The molecule has 0 saturated carbocycles. The second-order valence-corrected chi connectivity index (χ2v) is 29.8. The number of carbonyl (C=O) groups excluding carboxylic acids is 16. The van der Waals surface area contributed by atoms with Crippen molar-refractivity contribution < 1.29 is 126 Å². The zero-order valence-electron chi connectivity index (χ0n) is 68.8. The average molecular weight is 1740 g/mol. The number of furan rings is 1. The number of aromatic nitrogens is 1. The monoisotopic (exact) mass is 1740 g/mol. The number of amides is 14. The summed E-state index contributed by atoms with van der Waals surface area (Å²) in [7, 11) is 0. The number of aliphatic hydroxyl groups excluding tert-OH is 2. The number of carbonyl (C=O) groups is 19. The number of aromatic amines is 1. The fourth-order valence-corrected chi connectivity index (χ4v) is 13.2. The first kappa shape index (κ1) is 99.4. The van der Waals surface area contributed by atoms with E-state index in [-0.39, 0.29) is 50.0 Å². The number of primary amides is 1. The molecule has 3 aromatic carbocycles. The first-order chi connectivity index (χ1) is 59.0. The molecule has 13 atom stereocenters. The number of Topliss-reactive ketones (excluding diaryl/α,β-unsaturated/α-hetero) is 1. The summed E-state index contributed by atoms with van der Waals surface area (Å²) in [4.78, 5) is 267. The predicted molar refractivity (Wildman–Crippen MR) is 439 cm³/mol. The van der Waals surface area contributed by atoms with Crippen molar-refractivity contribution in [1.29, 1.82) is 0 Å². The molecular weight excluding hydrogens is 1630 g/mol. The van der Waals surface area contributed by atoms with Crippen LogP contribution in [0.1, 0.15) is 152 Å². The Hall–Kier alpha value is -13.4. The molecular formula is C81H109N17O26. The molecule has 0 aliphatic carbocycles. The molecule has 24 N–H and O–H groups in total. The lowest BCUT2D eigenvalue weighted by Crippen LogP contribution is -2.61. The quantitative estimate of drug-likeness (QED) is 0.00804. The van der Waals surface area contributed by atoms with E-state index in [2.05, 4.69) is 75.7 Å². The second kappa shape index (κ2) is 50.1. The molecule has 2 aromatic heterocycles. The summed E-state index contributed by atoms with van der Waals surface area (Å²) >= 11 is 0. The number of carboxylic acids is 3. The molecule has 43 nitrogen and oxygen atoms in total. The van der Waals surface area contributed by atoms with Crippen molar-refractivity contribution in [2.24, 2.45) is 11.7 Å². The summed E-state index contributed by atoms with van der Waals surface area (Å²) in [6.45, 7) is 0.739. The lowest BCUT2D eigenvalue weighted by atomic mass is 9.96. The van der Waals surface area contributed by atoms with E-state index in [1.54, 1.807) is 54.7 Å². The van der Waals surface area contributed by atoms with Gasteiger partial charge in [0.15, 0.2) is 5.78 Å². The van der Waals surface area contributed by atoms with Crippen LogP contribution in [0.5, 0.6) is 0 Å². The Morgan fingerprint density at radius 2 is 1.16 bits per heavy atom. The summed E-state index contributed by atoms with van der Waals surface area (Å²) in [6, 6.07) is -0.795. The third-order valence-corrected chi connectivity index (χ3v) is 19.8. The number of cyclic esters (lactones) is 1. The maximum atomic E-state index is 15.0. The molecule has 124 heavy (non-hydrogen) atoms. The van der Waals surface area contributed by atoms with E-state index in [9.17, 15) is 117 Å². The number of fused-ring (bicyclic) bond motifs is 2. The molecule has 0 radical (unpaired) electrons. The Labute approximate surface area is 710 Å². The van der Waals surface area contributed by atoms with Gasteiger partial charge < -0.3 is 126 Å². The van der Waals surface area contributed by atoms with Crippen molar-refractivity contribution in [2.45, 2.75) is 216 Å². The van der Waals surface area contributed by atoms with Crippen LogP contribution in [0.3, 0.4) is 0 Å².